The van der Waals surface area contributed by atoms with Crippen molar-refractivity contribution in [1.29, 1.82) is 0 Å². The Morgan fingerprint density at radius 3 is 2.60 bits per heavy atom. The number of hydrogen-bond donors (Lipinski definition) is 1. The first kappa shape index (κ1) is 14.8. The van der Waals surface area contributed by atoms with E-state index >= 15 is 0 Å². The molecule has 0 spiro atoms. The van der Waals surface area contributed by atoms with E-state index in [0.29, 0.717) is 16.9 Å². The number of hydrogen-bond acceptors (Lipinski definition) is 2. The fourth-order valence-electron chi connectivity index (χ4n) is 2.24. The second-order valence-electron chi connectivity index (χ2n) is 4.86. The normalized spacial score (nSPS) is 13.8. The van der Waals surface area contributed by atoms with Crippen LogP contribution in [0.25, 0.3) is 0 Å². The zero-order valence-electron chi connectivity index (χ0n) is 11.4. The lowest BCUT2D eigenvalue weighted by molar-refractivity contribution is 0.0540. The first-order valence-corrected chi connectivity index (χ1v) is 6.62. The molecule has 1 N–H and O–H groups in total. The molecular formula is C16H16ClFO2. The summed E-state index contributed by atoms with van der Waals surface area (Å²) in [7, 11) is 1.54. The van der Waals surface area contributed by atoms with Crippen LogP contribution in [0.15, 0.2) is 42.5 Å². The second-order valence-corrected chi connectivity index (χ2v) is 5.27. The summed E-state index contributed by atoms with van der Waals surface area (Å²) < 4.78 is 19.2. The quantitative estimate of drug-likeness (QED) is 0.925. The van der Waals surface area contributed by atoms with Gasteiger partial charge in [0.25, 0.3) is 0 Å². The molecule has 4 heteroatoms. The van der Waals surface area contributed by atoms with Gasteiger partial charge < -0.3 is 9.84 Å². The fraction of sp³-hybridized carbons (Fsp3) is 0.250. The van der Waals surface area contributed by atoms with Crippen LogP contribution in [0.4, 0.5) is 4.39 Å². The van der Waals surface area contributed by atoms with Gasteiger partial charge in [-0.15, -0.1) is 0 Å². The lowest BCUT2D eigenvalue weighted by Gasteiger charge is -2.26. The van der Waals surface area contributed by atoms with E-state index in [2.05, 4.69) is 0 Å². The van der Waals surface area contributed by atoms with Gasteiger partial charge in [-0.2, -0.15) is 0 Å². The predicted octanol–water partition coefficient (Wildman–Crippen LogP) is 3.94. The molecule has 0 fully saturated rings. The molecule has 1 unspecified atom stereocenters. The summed E-state index contributed by atoms with van der Waals surface area (Å²) in [4.78, 5) is 0. The van der Waals surface area contributed by atoms with Crippen molar-refractivity contribution in [1.82, 2.24) is 0 Å². The van der Waals surface area contributed by atoms with Crippen molar-refractivity contribution in [3.63, 3.8) is 0 Å². The van der Waals surface area contributed by atoms with Crippen molar-refractivity contribution in [2.75, 3.05) is 7.11 Å². The van der Waals surface area contributed by atoms with Crippen LogP contribution >= 0.6 is 11.6 Å². The third-order valence-electron chi connectivity index (χ3n) is 3.25. The predicted molar refractivity (Wildman–Crippen MR) is 77.7 cm³/mol. The van der Waals surface area contributed by atoms with Gasteiger partial charge in [0.05, 0.1) is 17.7 Å². The number of para-hydroxylation sites is 1. The van der Waals surface area contributed by atoms with Crippen LogP contribution in [0.1, 0.15) is 18.1 Å². The molecule has 2 aromatic carbocycles. The summed E-state index contributed by atoms with van der Waals surface area (Å²) in [6.07, 6.45) is 0.111. The van der Waals surface area contributed by atoms with Crippen LogP contribution < -0.4 is 4.74 Å². The van der Waals surface area contributed by atoms with Crippen molar-refractivity contribution in [3.8, 4) is 5.75 Å². The molecule has 0 bridgehead atoms. The minimum atomic E-state index is -1.25. The zero-order chi connectivity index (χ0) is 14.8. The number of rotatable bonds is 4. The lowest BCUT2D eigenvalue weighted by atomic mass is 9.88. The molecule has 106 valence electrons. The van der Waals surface area contributed by atoms with Gasteiger partial charge in [0.2, 0.25) is 0 Å². The Morgan fingerprint density at radius 1 is 1.20 bits per heavy atom. The van der Waals surface area contributed by atoms with Gasteiger partial charge in [0.1, 0.15) is 11.6 Å². The smallest absolute Gasteiger partial charge is 0.145 e. The minimum Gasteiger partial charge on any atom is -0.496 e. The van der Waals surface area contributed by atoms with Gasteiger partial charge in [-0.25, -0.2) is 4.39 Å². The molecule has 1 atom stereocenters. The molecule has 0 heterocycles. The van der Waals surface area contributed by atoms with Crippen molar-refractivity contribution in [3.05, 3.63) is 64.4 Å². The summed E-state index contributed by atoms with van der Waals surface area (Å²) in [6, 6.07) is 11.9. The minimum absolute atomic E-state index is 0.0540. The first-order valence-electron chi connectivity index (χ1n) is 6.24. The maximum Gasteiger partial charge on any atom is 0.145 e. The largest absolute Gasteiger partial charge is 0.496 e. The Labute approximate surface area is 122 Å². The average molecular weight is 295 g/mol. The lowest BCUT2D eigenvalue weighted by Crippen LogP contribution is -2.25. The highest BCUT2D eigenvalue weighted by Gasteiger charge is 2.28. The second kappa shape index (κ2) is 5.81. The summed E-state index contributed by atoms with van der Waals surface area (Å²) in [6.45, 7) is 1.63. The van der Waals surface area contributed by atoms with Gasteiger partial charge in [0.15, 0.2) is 0 Å². The molecule has 0 aromatic heterocycles. The maximum absolute atomic E-state index is 14.0. The van der Waals surface area contributed by atoms with Crippen molar-refractivity contribution in [2.45, 2.75) is 18.9 Å². The fourth-order valence-corrected chi connectivity index (χ4v) is 2.43. The summed E-state index contributed by atoms with van der Waals surface area (Å²) in [5.74, 6) is 0.0734. The number of ether oxygens (including phenoxy) is 1. The van der Waals surface area contributed by atoms with E-state index in [9.17, 15) is 9.50 Å². The van der Waals surface area contributed by atoms with E-state index in [0.717, 1.165) is 0 Å². The molecule has 0 saturated carbocycles. The van der Waals surface area contributed by atoms with Gasteiger partial charge >= 0.3 is 0 Å². The highest BCUT2D eigenvalue weighted by Crippen LogP contribution is 2.33. The third kappa shape index (κ3) is 2.94. The summed E-state index contributed by atoms with van der Waals surface area (Å²) in [5, 5.41) is 10.7. The van der Waals surface area contributed by atoms with Crippen LogP contribution in [0, 0.1) is 5.82 Å². The van der Waals surface area contributed by atoms with Crippen LogP contribution in [0.5, 0.6) is 5.75 Å². The molecule has 0 aliphatic rings. The number of halogens is 2. The van der Waals surface area contributed by atoms with Gasteiger partial charge in [-0.1, -0.05) is 41.9 Å². The maximum atomic E-state index is 14.0. The number of aliphatic hydroxyl groups is 1. The molecule has 2 rings (SSSR count). The molecule has 0 saturated heterocycles. The zero-order valence-corrected chi connectivity index (χ0v) is 12.1. The van der Waals surface area contributed by atoms with E-state index in [4.69, 9.17) is 16.3 Å². The average Bonchev–Trinajstić information content (AvgIpc) is 2.43. The summed E-state index contributed by atoms with van der Waals surface area (Å²) in [5.41, 5.74) is -0.270. The van der Waals surface area contributed by atoms with E-state index < -0.39 is 11.4 Å². The highest BCUT2D eigenvalue weighted by atomic mass is 35.5. The van der Waals surface area contributed by atoms with Gasteiger partial charge in [-0.05, 0) is 24.6 Å². The standard InChI is InChI=1S/C16H16ClFO2/c1-16(19,12-7-3-4-9-14(12)20-2)10-11-6-5-8-13(17)15(11)18/h3-9,19H,10H2,1-2H3. The van der Waals surface area contributed by atoms with Crippen LogP contribution in [-0.2, 0) is 12.0 Å². The summed E-state index contributed by atoms with van der Waals surface area (Å²) >= 11 is 5.77. The van der Waals surface area contributed by atoms with Crippen LogP contribution in [0.3, 0.4) is 0 Å². The topological polar surface area (TPSA) is 29.5 Å². The Morgan fingerprint density at radius 2 is 1.90 bits per heavy atom. The number of methoxy groups -OCH3 is 1. The van der Waals surface area contributed by atoms with Gasteiger partial charge in [0, 0.05) is 12.0 Å². The molecule has 0 radical (unpaired) electrons. The highest BCUT2D eigenvalue weighted by molar-refractivity contribution is 6.30. The van der Waals surface area contributed by atoms with Gasteiger partial charge in [-0.3, -0.25) is 0 Å². The van der Waals surface area contributed by atoms with Crippen LogP contribution in [-0.4, -0.2) is 12.2 Å². The van der Waals surface area contributed by atoms with Crippen molar-refractivity contribution < 1.29 is 14.2 Å². The monoisotopic (exact) mass is 294 g/mol. The van der Waals surface area contributed by atoms with E-state index in [1.165, 1.54) is 13.2 Å². The van der Waals surface area contributed by atoms with Crippen LogP contribution in [0.2, 0.25) is 5.02 Å². The molecule has 0 aliphatic heterocycles. The SMILES string of the molecule is COc1ccccc1C(C)(O)Cc1cccc(Cl)c1F. The van der Waals surface area contributed by atoms with E-state index in [1.807, 2.05) is 6.07 Å². The Hall–Kier alpha value is -1.58. The number of benzene rings is 2. The first-order chi connectivity index (χ1) is 9.45. The van der Waals surface area contributed by atoms with Crippen molar-refractivity contribution in [2.24, 2.45) is 0 Å². The molecule has 2 aromatic rings. The van der Waals surface area contributed by atoms with E-state index in [-0.39, 0.29) is 11.4 Å². The Balaban J connectivity index is 2.38. The van der Waals surface area contributed by atoms with Crippen molar-refractivity contribution >= 4 is 11.6 Å². The molecular weight excluding hydrogens is 279 g/mol. The Bertz CT molecular complexity index is 611. The molecule has 0 amide bonds. The molecule has 20 heavy (non-hydrogen) atoms. The third-order valence-corrected chi connectivity index (χ3v) is 3.55. The van der Waals surface area contributed by atoms with E-state index in [1.54, 1.807) is 37.3 Å². The molecule has 2 nitrogen and oxygen atoms in total. The molecule has 0 aliphatic carbocycles. The Kier molecular flexibility index (Phi) is 4.31.